The van der Waals surface area contributed by atoms with Crippen LogP contribution >= 0.6 is 43.2 Å². The predicted molar refractivity (Wildman–Crippen MR) is 107 cm³/mol. The van der Waals surface area contributed by atoms with Crippen LogP contribution in [-0.2, 0) is 0 Å². The van der Waals surface area contributed by atoms with E-state index in [-0.39, 0.29) is 11.5 Å². The number of phenols is 1. The van der Waals surface area contributed by atoms with Gasteiger partial charge in [-0.05, 0) is 67.8 Å². The van der Waals surface area contributed by atoms with Crippen LogP contribution in [0.25, 0.3) is 16.5 Å². The van der Waals surface area contributed by atoms with Crippen molar-refractivity contribution in [3.63, 3.8) is 0 Å². The highest BCUT2D eigenvalue weighted by Crippen LogP contribution is 2.34. The summed E-state index contributed by atoms with van der Waals surface area (Å²) in [6.45, 7) is 0. The molecular weight excluding hydrogens is 452 g/mol. The van der Waals surface area contributed by atoms with Crippen molar-refractivity contribution in [3.8, 4) is 16.2 Å². The Balaban J connectivity index is 1.91. The minimum atomic E-state index is -0.183. The molecule has 0 atom stereocenters. The third-order valence-corrected chi connectivity index (χ3v) is 4.98. The second kappa shape index (κ2) is 7.47. The minimum Gasteiger partial charge on any atom is -0.507 e. The Morgan fingerprint density at radius 2 is 1.75 bits per heavy atom. The normalized spacial score (nSPS) is 10.4. The molecule has 0 radical (unpaired) electrons. The van der Waals surface area contributed by atoms with Gasteiger partial charge in [0, 0.05) is 15.3 Å². The lowest BCUT2D eigenvalue weighted by Crippen LogP contribution is -2.01. The van der Waals surface area contributed by atoms with Crippen molar-refractivity contribution in [1.29, 1.82) is 0 Å². The van der Waals surface area contributed by atoms with Gasteiger partial charge in [-0.15, -0.1) is 11.3 Å². The maximum absolute atomic E-state index is 12.5. The number of rotatable bonds is 4. The molecule has 1 heterocycles. The number of ketones is 1. The standard InChI is InChI=1S/C19H12Br2O2S/c20-18(21)11-14-7-9-17(24-14)13-6-8-15(16(22)10-13)19(23)12-4-2-1-3-5-12/h1-11,22H. The van der Waals surface area contributed by atoms with Gasteiger partial charge in [0.1, 0.15) is 5.75 Å². The van der Waals surface area contributed by atoms with E-state index in [1.54, 1.807) is 47.7 Å². The Hall–Kier alpha value is -1.69. The molecule has 0 unspecified atom stereocenters. The number of halogens is 2. The second-order valence-corrected chi connectivity index (χ2v) is 8.95. The summed E-state index contributed by atoms with van der Waals surface area (Å²) < 4.78 is 0.870. The number of aromatic hydroxyl groups is 1. The number of carbonyl (C=O) groups is 1. The number of hydrogen-bond acceptors (Lipinski definition) is 3. The molecule has 1 aromatic heterocycles. The average Bonchev–Trinajstić information content (AvgIpc) is 3.02. The first-order valence-corrected chi connectivity index (χ1v) is 9.50. The maximum atomic E-state index is 12.5. The van der Waals surface area contributed by atoms with E-state index in [9.17, 15) is 9.90 Å². The van der Waals surface area contributed by atoms with E-state index in [4.69, 9.17) is 0 Å². The lowest BCUT2D eigenvalue weighted by molar-refractivity contribution is 0.103. The van der Waals surface area contributed by atoms with Gasteiger partial charge in [-0.2, -0.15) is 0 Å². The number of hydrogen-bond donors (Lipinski definition) is 1. The third-order valence-electron chi connectivity index (χ3n) is 3.44. The summed E-state index contributed by atoms with van der Waals surface area (Å²) in [5.74, 6) is -0.189. The summed E-state index contributed by atoms with van der Waals surface area (Å²) in [6, 6.07) is 18.1. The fourth-order valence-electron chi connectivity index (χ4n) is 2.32. The molecule has 3 rings (SSSR count). The number of carbonyl (C=O) groups excluding carboxylic acids is 1. The van der Waals surface area contributed by atoms with Gasteiger partial charge < -0.3 is 5.11 Å². The molecule has 0 spiro atoms. The van der Waals surface area contributed by atoms with Crippen molar-refractivity contribution in [2.45, 2.75) is 0 Å². The molecule has 0 amide bonds. The monoisotopic (exact) mass is 462 g/mol. The summed E-state index contributed by atoms with van der Waals surface area (Å²) in [4.78, 5) is 14.6. The van der Waals surface area contributed by atoms with Crippen molar-refractivity contribution in [3.05, 3.63) is 80.1 Å². The van der Waals surface area contributed by atoms with E-state index >= 15 is 0 Å². The van der Waals surface area contributed by atoms with Gasteiger partial charge >= 0.3 is 0 Å². The van der Waals surface area contributed by atoms with E-state index in [1.165, 1.54) is 0 Å². The third kappa shape index (κ3) is 3.86. The highest BCUT2D eigenvalue weighted by atomic mass is 79.9. The largest absolute Gasteiger partial charge is 0.507 e. The van der Waals surface area contributed by atoms with Gasteiger partial charge in [-0.3, -0.25) is 4.79 Å². The summed E-state index contributed by atoms with van der Waals surface area (Å²) in [6.07, 6.45) is 1.96. The fraction of sp³-hybridized carbons (Fsp3) is 0. The summed E-state index contributed by atoms with van der Waals surface area (Å²) in [5, 5.41) is 10.3. The van der Waals surface area contributed by atoms with Crippen LogP contribution in [0.3, 0.4) is 0 Å². The molecule has 0 bridgehead atoms. The number of thiophene rings is 1. The minimum absolute atomic E-state index is 0.00600. The van der Waals surface area contributed by atoms with Crippen LogP contribution in [-0.4, -0.2) is 10.9 Å². The van der Waals surface area contributed by atoms with Gasteiger partial charge in [-0.25, -0.2) is 0 Å². The molecule has 5 heteroatoms. The van der Waals surface area contributed by atoms with Crippen LogP contribution in [0.2, 0.25) is 0 Å². The zero-order chi connectivity index (χ0) is 17.1. The summed E-state index contributed by atoms with van der Waals surface area (Å²) in [7, 11) is 0. The quantitative estimate of drug-likeness (QED) is 0.452. The number of phenolic OH excluding ortho intramolecular Hbond substituents is 1. The summed E-state index contributed by atoms with van der Waals surface area (Å²) >= 11 is 8.29. The smallest absolute Gasteiger partial charge is 0.196 e. The fourth-order valence-corrected chi connectivity index (χ4v) is 4.06. The SMILES string of the molecule is O=C(c1ccccc1)c1ccc(-c2ccc(C=C(Br)Br)s2)cc1O. The summed E-state index contributed by atoms with van der Waals surface area (Å²) in [5.41, 5.74) is 1.75. The van der Waals surface area contributed by atoms with Crippen LogP contribution in [0.15, 0.2) is 64.1 Å². The van der Waals surface area contributed by atoms with Crippen molar-refractivity contribution >= 4 is 55.1 Å². The van der Waals surface area contributed by atoms with Gasteiger partial charge in [0.15, 0.2) is 5.78 Å². The topological polar surface area (TPSA) is 37.3 Å². The molecule has 2 nitrogen and oxygen atoms in total. The van der Waals surface area contributed by atoms with E-state index in [0.29, 0.717) is 11.1 Å². The Kier molecular flexibility index (Phi) is 5.33. The van der Waals surface area contributed by atoms with Crippen LogP contribution in [0.4, 0.5) is 0 Å². The van der Waals surface area contributed by atoms with Crippen molar-refractivity contribution in [2.24, 2.45) is 0 Å². The average molecular weight is 464 g/mol. The van der Waals surface area contributed by atoms with Crippen LogP contribution < -0.4 is 0 Å². The molecule has 24 heavy (non-hydrogen) atoms. The van der Waals surface area contributed by atoms with E-state index in [1.807, 2.05) is 30.3 Å². The van der Waals surface area contributed by atoms with Crippen molar-refractivity contribution in [2.75, 3.05) is 0 Å². The first kappa shape index (κ1) is 17.1. The zero-order valence-electron chi connectivity index (χ0n) is 12.4. The molecule has 0 aliphatic heterocycles. The van der Waals surface area contributed by atoms with Crippen LogP contribution in [0.1, 0.15) is 20.8 Å². The highest BCUT2D eigenvalue weighted by molar-refractivity contribution is 9.28. The molecule has 0 fully saturated rings. The maximum Gasteiger partial charge on any atom is 0.196 e. The van der Waals surface area contributed by atoms with E-state index in [2.05, 4.69) is 31.9 Å². The Morgan fingerprint density at radius 1 is 1.00 bits per heavy atom. The molecule has 120 valence electrons. The van der Waals surface area contributed by atoms with E-state index < -0.39 is 0 Å². The molecule has 0 aliphatic carbocycles. The lowest BCUT2D eigenvalue weighted by atomic mass is 10.0. The van der Waals surface area contributed by atoms with E-state index in [0.717, 1.165) is 18.7 Å². The molecule has 0 saturated carbocycles. The lowest BCUT2D eigenvalue weighted by Gasteiger charge is -2.06. The molecular formula is C19H12Br2O2S. The van der Waals surface area contributed by atoms with Gasteiger partial charge in [0.05, 0.1) is 8.96 Å². The van der Waals surface area contributed by atoms with Gasteiger partial charge in [-0.1, -0.05) is 36.4 Å². The van der Waals surface area contributed by atoms with Crippen molar-refractivity contribution in [1.82, 2.24) is 0 Å². The van der Waals surface area contributed by atoms with Crippen molar-refractivity contribution < 1.29 is 9.90 Å². The molecule has 3 aromatic rings. The highest BCUT2D eigenvalue weighted by Gasteiger charge is 2.14. The molecule has 2 aromatic carbocycles. The Labute approximate surface area is 160 Å². The first-order valence-electron chi connectivity index (χ1n) is 7.10. The van der Waals surface area contributed by atoms with Crippen LogP contribution in [0.5, 0.6) is 5.75 Å². The number of benzene rings is 2. The second-order valence-electron chi connectivity index (χ2n) is 5.06. The zero-order valence-corrected chi connectivity index (χ0v) is 16.4. The van der Waals surface area contributed by atoms with Crippen LogP contribution in [0, 0.1) is 0 Å². The predicted octanol–water partition coefficient (Wildman–Crippen LogP) is 6.44. The van der Waals surface area contributed by atoms with Gasteiger partial charge in [0.2, 0.25) is 0 Å². The Bertz CT molecular complexity index is 910. The first-order chi connectivity index (χ1) is 11.5. The molecule has 0 aliphatic rings. The molecule has 0 saturated heterocycles. The Morgan fingerprint density at radius 3 is 2.42 bits per heavy atom. The van der Waals surface area contributed by atoms with Gasteiger partial charge in [0.25, 0.3) is 0 Å². The molecule has 1 N–H and O–H groups in total.